The Labute approximate surface area is 632 Å². The molecule has 5 aromatic rings. The number of benzene rings is 5. The lowest BCUT2D eigenvalue weighted by Gasteiger charge is -2.44. The first-order chi connectivity index (χ1) is 51.8. The van der Waals surface area contributed by atoms with E-state index in [1.807, 2.05) is 13.8 Å². The zero-order valence-electron chi connectivity index (χ0n) is 61.7. The first kappa shape index (κ1) is 79.6. The summed E-state index contributed by atoms with van der Waals surface area (Å²) in [5, 5.41) is 117. The van der Waals surface area contributed by atoms with Gasteiger partial charge in [-0.2, -0.15) is 0 Å². The number of primary amides is 1. The molecule has 3 fully saturated rings. The lowest BCUT2D eigenvalue weighted by atomic mass is 9.84. The maximum Gasteiger partial charge on any atom is 0.246 e. The Kier molecular flexibility index (Phi) is 24.3. The second kappa shape index (κ2) is 33.3. The van der Waals surface area contributed by atoms with Crippen LogP contribution < -0.4 is 52.3 Å². The molecule has 22 atom stereocenters. The van der Waals surface area contributed by atoms with Crippen molar-refractivity contribution in [1.82, 2.24) is 26.6 Å². The topological polar surface area (TPSA) is 505 Å². The highest BCUT2D eigenvalue weighted by Crippen LogP contribution is 2.50. The Bertz CT molecular complexity index is 4340. The normalized spacial score (nSPS) is 32.7. The maximum atomic E-state index is 16.5. The molecule has 5 amide bonds. The highest BCUT2D eigenvalue weighted by Gasteiger charge is 2.51. The fourth-order valence-electron chi connectivity index (χ4n) is 14.6. The number of nitrogens with one attached hydrogen (secondary N) is 5. The molecule has 8 aliphatic heterocycles. The van der Waals surface area contributed by atoms with Crippen molar-refractivity contribution in [3.63, 3.8) is 0 Å². The number of ether oxygens (including phenoxy) is 8. The van der Waals surface area contributed by atoms with Crippen LogP contribution >= 0.6 is 11.6 Å². The van der Waals surface area contributed by atoms with E-state index in [0.717, 1.165) is 37.3 Å². The fraction of sp³-hybridized carbons (Fsp3) is 0.500. The number of aliphatic hydroxyl groups is 6. The van der Waals surface area contributed by atoms with Crippen LogP contribution in [-0.2, 0) is 62.0 Å². The number of ketones is 3. The highest BCUT2D eigenvalue weighted by atomic mass is 35.5. The fourth-order valence-corrected chi connectivity index (χ4v) is 14.9. The van der Waals surface area contributed by atoms with Gasteiger partial charge in [0.2, 0.25) is 41.6 Å². The van der Waals surface area contributed by atoms with Gasteiger partial charge in [0.1, 0.15) is 83.4 Å². The van der Waals surface area contributed by atoms with Gasteiger partial charge in [0.05, 0.1) is 53.9 Å². The van der Waals surface area contributed by atoms with Crippen LogP contribution in [0.25, 0.3) is 11.1 Å². The number of Topliss-reactive ketones (excluding diaryl/α,β-unsaturated/α-hetero) is 3. The molecule has 18 N–H and O–H groups in total. The van der Waals surface area contributed by atoms with Gasteiger partial charge in [-0.1, -0.05) is 56.6 Å². The number of hydrogen-bond acceptors (Lipinski definition) is 27. The van der Waals surface area contributed by atoms with Crippen LogP contribution in [0.15, 0.2) is 84.9 Å². The van der Waals surface area contributed by atoms with E-state index in [-0.39, 0.29) is 80.6 Å². The van der Waals surface area contributed by atoms with Gasteiger partial charge in [0.15, 0.2) is 47.5 Å². The first-order valence-electron chi connectivity index (χ1n) is 36.1. The Morgan fingerprint density at radius 2 is 1.42 bits per heavy atom. The molecule has 0 aliphatic carbocycles. The minimum Gasteiger partial charge on any atom is -0.508 e. The second-order valence-corrected chi connectivity index (χ2v) is 29.7. The Morgan fingerprint density at radius 1 is 0.743 bits per heavy atom. The van der Waals surface area contributed by atoms with Crippen molar-refractivity contribution >= 4 is 58.5 Å². The maximum absolute atomic E-state index is 16.5. The molecule has 0 radical (unpaired) electrons. The van der Waals surface area contributed by atoms with Crippen LogP contribution in [0.2, 0.25) is 5.02 Å². The number of aliphatic hydroxyl groups excluding tert-OH is 6. The lowest BCUT2D eigenvalue weighted by molar-refractivity contribution is -0.332. The number of fused-ring (bicyclic) bond motifs is 15. The predicted molar refractivity (Wildman–Crippen MR) is 383 cm³/mol. The van der Waals surface area contributed by atoms with Gasteiger partial charge in [-0.15, -0.1) is 0 Å². The Balaban J connectivity index is 1.18. The van der Waals surface area contributed by atoms with E-state index >= 15 is 24.0 Å². The predicted octanol–water partition coefficient (Wildman–Crippen LogP) is 3.09. The third-order valence-electron chi connectivity index (χ3n) is 20.5. The van der Waals surface area contributed by atoms with E-state index in [0.29, 0.717) is 0 Å². The molecule has 109 heavy (non-hydrogen) atoms. The summed E-state index contributed by atoms with van der Waals surface area (Å²) in [6.07, 6.45) is -24.1. The number of phenols is 3. The van der Waals surface area contributed by atoms with Crippen LogP contribution in [0.5, 0.6) is 46.0 Å². The van der Waals surface area contributed by atoms with E-state index in [9.17, 15) is 60.3 Å². The van der Waals surface area contributed by atoms with E-state index < -0.39 is 241 Å². The Hall–Kier alpha value is -8.97. The molecule has 13 rings (SSSR count). The van der Waals surface area contributed by atoms with Gasteiger partial charge in [-0.05, 0) is 135 Å². The quantitative estimate of drug-likeness (QED) is 0.0716. The molecule has 0 spiro atoms. The molecule has 11 bridgehead atoms. The van der Waals surface area contributed by atoms with Crippen LogP contribution in [-0.4, -0.2) is 198 Å². The number of nitrogens with two attached hydrogens (primary N) is 2. The second-order valence-electron chi connectivity index (χ2n) is 29.3. The summed E-state index contributed by atoms with van der Waals surface area (Å²) in [6, 6.07) is 8.02. The zero-order chi connectivity index (χ0) is 80.0. The average Bonchev–Trinajstić information content (AvgIpc) is 0.762. The number of phenolic OH excluding ortho intramolecular Hbond substituents is 3. The van der Waals surface area contributed by atoms with Crippen molar-refractivity contribution < 1.29 is 124 Å². The molecule has 0 saturated carbocycles. The number of hydrogen-bond donors (Lipinski definition) is 16. The molecule has 0 aromatic heterocycles. The SMILES string of the molecule is [3H]C1(C)CC(OC2C(Oc3c4cc5cc3Oc3ccc(cc3Cl)C(O)C(NC(=O)C(CC(C)C)NC)C(=O)CC(CC(N)=O)C(=O)NC5C(=O)CC3C(=O)NC(C(=O)NC(C(C)=O)c5cc(O)cc(O)c5-c5cc3ccc5O)C(OC3CC(C)(N)C(O)C(C)O3)c3ccc(cc3)O4)OC(CO)C(O)C2O)OC(C)C1O. The molecule has 8 heterocycles. The monoisotopic (exact) mass is 1540 g/mol. The summed E-state index contributed by atoms with van der Waals surface area (Å²) < 4.78 is 60.9. The molecule has 32 nitrogen and oxygen atoms in total. The minimum atomic E-state index is -2.17. The third-order valence-corrected chi connectivity index (χ3v) is 20.8. The van der Waals surface area contributed by atoms with Gasteiger partial charge in [-0.3, -0.25) is 38.4 Å². The van der Waals surface area contributed by atoms with Gasteiger partial charge in [0.25, 0.3) is 0 Å². The van der Waals surface area contributed by atoms with Crippen molar-refractivity contribution in [2.24, 2.45) is 29.2 Å². The highest BCUT2D eigenvalue weighted by molar-refractivity contribution is 6.32. The molecule has 8 aliphatic rings. The summed E-state index contributed by atoms with van der Waals surface area (Å²) in [4.78, 5) is 121. The zero-order valence-corrected chi connectivity index (χ0v) is 61.5. The van der Waals surface area contributed by atoms with Gasteiger partial charge in [-0.25, -0.2) is 0 Å². The summed E-state index contributed by atoms with van der Waals surface area (Å²) >= 11 is 7.16. The van der Waals surface area contributed by atoms with E-state index in [4.69, 9.17) is 62.3 Å². The average molecular weight is 1540 g/mol. The molecule has 588 valence electrons. The molecule has 3 saturated heterocycles. The summed E-state index contributed by atoms with van der Waals surface area (Å²) in [6.45, 7) is 9.75. The number of carbonyl (C=O) groups excluding carboxylic acids is 8. The van der Waals surface area contributed by atoms with E-state index in [1.165, 1.54) is 89.3 Å². The van der Waals surface area contributed by atoms with Crippen molar-refractivity contribution in [3.05, 3.63) is 118 Å². The van der Waals surface area contributed by atoms with Crippen LogP contribution in [0.4, 0.5) is 0 Å². The largest absolute Gasteiger partial charge is 0.508 e. The summed E-state index contributed by atoms with van der Waals surface area (Å²) in [7, 11) is 1.50. The van der Waals surface area contributed by atoms with Crippen molar-refractivity contribution in [1.29, 1.82) is 0 Å². The number of rotatable bonds is 15. The number of aromatic hydroxyl groups is 3. The standard InChI is InChI=1S/C76H92ClN7O25/c1-30(2)17-46(80-8)73(100)83-61-49(90)21-39(24-55(78)92)71(98)82-60-38-22-52(68(53(23-38)105-51-16-12-37(64(61)94)20-45(51)77)109-75-69(66(96)65(95)54(29-85)106-75)107-56-18-31(3)63(93)33(5)102-56)104-41-13-9-35(10-14-41)67(108-57-28-76(7,79)70(97)34(6)103-57)62-74(101)81-59(32(4)86)44-25-40(87)26-48(89)58(44)43-19-36(11-15-47(43)88)42(27-50(60)91)72(99)84-62/h9-16,19-20,22-23,25-26,30-31,33-34,39,42,46,54,56-57,59-67,69-70,75,80,85,87-89,93-97H,17-18,21,24,27-29,79H2,1-8H3,(H2,78,92)(H,81,101)(H,82,98)(H,83,100)(H,84,99)/i31T. The summed E-state index contributed by atoms with van der Waals surface area (Å²) in [5.74, 6) is -18.0. The molecular formula is C76H92ClN7O25. The van der Waals surface area contributed by atoms with Gasteiger partial charge < -0.3 is 122 Å². The van der Waals surface area contributed by atoms with E-state index in [1.54, 1.807) is 0 Å². The number of likely N-dealkylation sites (N-methyl/N-ethyl adjacent to an activating group) is 1. The lowest BCUT2D eigenvalue weighted by Crippen LogP contribution is -2.62. The number of amides is 5. The third kappa shape index (κ3) is 17.6. The van der Waals surface area contributed by atoms with Crippen molar-refractivity contribution in [3.8, 4) is 57.1 Å². The Morgan fingerprint density at radius 3 is 2.06 bits per heavy atom. The number of carbonyl (C=O) groups is 8. The van der Waals surface area contributed by atoms with Crippen LogP contribution in [0, 0.1) is 17.7 Å². The molecule has 22 unspecified atom stereocenters. The minimum absolute atomic E-state index is 0.0424. The van der Waals surface area contributed by atoms with Crippen LogP contribution in [0.1, 0.15) is 146 Å². The molecular weight excluding hydrogens is 1450 g/mol. The van der Waals surface area contributed by atoms with Crippen LogP contribution in [0.3, 0.4) is 0 Å². The van der Waals surface area contributed by atoms with Gasteiger partial charge >= 0.3 is 0 Å². The number of halogens is 1. The molecule has 33 heteroatoms. The van der Waals surface area contributed by atoms with Crippen molar-refractivity contribution in [2.75, 3.05) is 13.7 Å². The van der Waals surface area contributed by atoms with Crippen molar-refractivity contribution in [2.45, 2.75) is 209 Å². The van der Waals surface area contributed by atoms with E-state index in [2.05, 4.69) is 26.6 Å². The molecule has 5 aromatic carbocycles. The van der Waals surface area contributed by atoms with Gasteiger partial charge in [0, 0.05) is 56.2 Å². The first-order valence-corrected chi connectivity index (χ1v) is 36.0. The smallest absolute Gasteiger partial charge is 0.246 e. The summed E-state index contributed by atoms with van der Waals surface area (Å²) in [5.41, 5.74) is 9.63.